The summed E-state index contributed by atoms with van der Waals surface area (Å²) in [4.78, 5) is 128. The molecule has 0 aromatic heterocycles. The summed E-state index contributed by atoms with van der Waals surface area (Å²) in [5, 5.41) is 27.7. The maximum Gasteiger partial charge on any atom is 0.305 e. The van der Waals surface area contributed by atoms with E-state index in [1.807, 2.05) is 13.8 Å². The second kappa shape index (κ2) is 31.7. The molecule has 21 nitrogen and oxygen atoms in total. The minimum Gasteiger partial charge on any atom is -0.481 e. The Bertz CT molecular complexity index is 1940. The molecule has 0 spiro atoms. The lowest BCUT2D eigenvalue weighted by atomic mass is 9.83. The highest BCUT2D eigenvalue weighted by Gasteiger charge is 2.36. The molecular weight excluding hydrogens is 893 g/mol. The van der Waals surface area contributed by atoms with Gasteiger partial charge in [0.1, 0.15) is 11.8 Å². The first-order chi connectivity index (χ1) is 32.4. The van der Waals surface area contributed by atoms with Gasteiger partial charge in [0.2, 0.25) is 23.6 Å². The van der Waals surface area contributed by atoms with E-state index in [0.29, 0.717) is 38.6 Å². The second-order valence-corrected chi connectivity index (χ2v) is 18.1. The molecule has 69 heavy (non-hydrogen) atoms. The van der Waals surface area contributed by atoms with Gasteiger partial charge in [-0.25, -0.2) is 0 Å². The van der Waals surface area contributed by atoms with E-state index in [0.717, 1.165) is 5.56 Å². The van der Waals surface area contributed by atoms with E-state index in [1.54, 1.807) is 51.1 Å². The van der Waals surface area contributed by atoms with Crippen molar-refractivity contribution in [2.75, 3.05) is 19.7 Å². The number of aliphatic hydroxyl groups is 1. The van der Waals surface area contributed by atoms with E-state index in [-0.39, 0.29) is 55.8 Å². The fourth-order valence-corrected chi connectivity index (χ4v) is 7.67. The van der Waals surface area contributed by atoms with Gasteiger partial charge in [-0.3, -0.25) is 53.1 Å². The highest BCUT2D eigenvalue weighted by Crippen LogP contribution is 2.25. The van der Waals surface area contributed by atoms with Gasteiger partial charge >= 0.3 is 5.97 Å². The van der Waals surface area contributed by atoms with Crippen molar-refractivity contribution in [3.63, 3.8) is 0 Å². The van der Waals surface area contributed by atoms with E-state index < -0.39 is 126 Å². The number of aliphatic carboxylic acids is 1. The zero-order valence-electron chi connectivity index (χ0n) is 41.1. The van der Waals surface area contributed by atoms with Crippen molar-refractivity contribution in [2.24, 2.45) is 80.1 Å². The van der Waals surface area contributed by atoms with Crippen LogP contribution in [0.5, 0.6) is 0 Å². The van der Waals surface area contributed by atoms with Gasteiger partial charge in [0, 0.05) is 68.4 Å². The predicted octanol–water partition coefficient (Wildman–Crippen LogP) is 0.793. The van der Waals surface area contributed by atoms with Crippen LogP contribution in [0.25, 0.3) is 0 Å². The standard InChI is InChI=1S/C48H78N10O11/c1-7-27(3)33(43(49)66)23-40(62)35(21-31-15-10-9-11-16-31)57-46(69)34(28(4)8-2)24-41(63)36(25-42(64)65)56-44(67)30(6)20-39(61)37(26-59)58-45(68)32(17-13-19-55-48(52)53)22-38(60)29(5)14-12-18-54-47(50)51/h9-11,15-16,27-30,32-37,59H,7-8,12-14,17-26H2,1-6H3,(H2,49,66)(H,56,67)(H,57,69)(H,58,68)(H,64,65)(H4,50,51,54)(H4,52,53,55)/t27-,28-,29-,30+,32+,33-,34-,35-,36-,37-/m0/s1. The Morgan fingerprint density at radius 1 is 0.565 bits per heavy atom. The fraction of sp³-hybridized carbons (Fsp3) is 0.646. The average molecular weight is 971 g/mol. The number of nitrogens with zero attached hydrogens (tertiary/aromatic N) is 2. The van der Waals surface area contributed by atoms with E-state index in [2.05, 4.69) is 25.9 Å². The van der Waals surface area contributed by atoms with Crippen LogP contribution in [-0.2, 0) is 49.6 Å². The number of ketones is 4. The molecule has 0 aliphatic heterocycles. The summed E-state index contributed by atoms with van der Waals surface area (Å²) in [5.41, 5.74) is 28.0. The molecule has 0 saturated carbocycles. The number of amides is 4. The lowest BCUT2D eigenvalue weighted by Crippen LogP contribution is -2.50. The highest BCUT2D eigenvalue weighted by molar-refractivity contribution is 5.98. The number of nitrogens with two attached hydrogens (primary N) is 5. The number of rotatable bonds is 36. The van der Waals surface area contributed by atoms with Crippen molar-refractivity contribution in [3.05, 3.63) is 35.9 Å². The van der Waals surface area contributed by atoms with Crippen molar-refractivity contribution < 1.29 is 53.4 Å². The Kier molecular flexibility index (Phi) is 27.9. The third-order valence-electron chi connectivity index (χ3n) is 12.6. The lowest BCUT2D eigenvalue weighted by molar-refractivity contribution is -0.141. The first-order valence-corrected chi connectivity index (χ1v) is 23.7. The fourth-order valence-electron chi connectivity index (χ4n) is 7.67. The molecule has 0 bridgehead atoms. The maximum absolute atomic E-state index is 14.1. The molecule has 10 atom stereocenters. The van der Waals surface area contributed by atoms with Crippen molar-refractivity contribution in [2.45, 2.75) is 137 Å². The molecule has 0 radical (unpaired) electrons. The molecule has 0 aliphatic carbocycles. The third kappa shape index (κ3) is 23.1. The first-order valence-electron chi connectivity index (χ1n) is 23.7. The minimum atomic E-state index is -1.62. The van der Waals surface area contributed by atoms with Gasteiger partial charge in [-0.1, -0.05) is 84.7 Å². The summed E-state index contributed by atoms with van der Waals surface area (Å²) in [5.74, 6) is -11.8. The summed E-state index contributed by atoms with van der Waals surface area (Å²) >= 11 is 0. The Balaban J connectivity index is 3.24. The number of nitrogens with one attached hydrogen (secondary N) is 3. The third-order valence-corrected chi connectivity index (χ3v) is 12.6. The molecule has 0 unspecified atom stereocenters. The van der Waals surface area contributed by atoms with Crippen LogP contribution in [0.4, 0.5) is 0 Å². The summed E-state index contributed by atoms with van der Waals surface area (Å²) in [6.45, 7) is 9.86. The van der Waals surface area contributed by atoms with E-state index in [1.165, 1.54) is 6.92 Å². The van der Waals surface area contributed by atoms with E-state index in [4.69, 9.17) is 28.7 Å². The van der Waals surface area contributed by atoms with Crippen molar-refractivity contribution in [3.8, 4) is 0 Å². The number of aliphatic imine (C=N–C) groups is 2. The number of primary amides is 1. The van der Waals surface area contributed by atoms with Gasteiger partial charge in [0.05, 0.1) is 25.1 Å². The van der Waals surface area contributed by atoms with Gasteiger partial charge in [-0.05, 0) is 49.5 Å². The van der Waals surface area contributed by atoms with Crippen LogP contribution in [0.1, 0.15) is 118 Å². The van der Waals surface area contributed by atoms with Crippen LogP contribution in [0.15, 0.2) is 40.3 Å². The van der Waals surface area contributed by atoms with Crippen molar-refractivity contribution >= 4 is 64.7 Å². The Morgan fingerprint density at radius 3 is 1.58 bits per heavy atom. The highest BCUT2D eigenvalue weighted by atomic mass is 16.4. The number of hydrogen-bond acceptors (Lipinski definition) is 12. The molecule has 0 saturated heterocycles. The second-order valence-electron chi connectivity index (χ2n) is 18.1. The van der Waals surface area contributed by atoms with Gasteiger partial charge in [0.15, 0.2) is 29.3 Å². The van der Waals surface area contributed by atoms with Crippen LogP contribution in [0, 0.1) is 41.4 Å². The summed E-state index contributed by atoms with van der Waals surface area (Å²) in [7, 11) is 0. The molecule has 4 amide bonds. The largest absolute Gasteiger partial charge is 0.481 e. The van der Waals surface area contributed by atoms with Gasteiger partial charge in [-0.15, -0.1) is 0 Å². The number of Topliss-reactive ketones (excluding diaryl/α,β-unsaturated/α-hetero) is 4. The topological polar surface area (TPSA) is 385 Å². The zero-order valence-corrected chi connectivity index (χ0v) is 41.1. The zero-order chi connectivity index (χ0) is 52.4. The van der Waals surface area contributed by atoms with Crippen LogP contribution in [-0.4, -0.2) is 113 Å². The summed E-state index contributed by atoms with van der Waals surface area (Å²) < 4.78 is 0. The molecule has 21 heteroatoms. The minimum absolute atomic E-state index is 0.0758. The normalized spacial score (nSPS) is 15.5. The Labute approximate surface area is 405 Å². The van der Waals surface area contributed by atoms with Gasteiger partial charge < -0.3 is 54.8 Å². The molecule has 0 heterocycles. The molecule has 1 rings (SSSR count). The molecular formula is C48H78N10O11. The molecule has 0 aliphatic rings. The SMILES string of the molecule is CC[C@H](C)[C@H](CC(=O)[C@H](Cc1ccccc1)NC(=O)[C@@H](CC(=O)[C@H](CC(=O)O)NC(=O)[C@H](C)CC(=O)[C@H](CO)NC(=O)[C@H](CCCN=C(N)N)CC(=O)[C@@H](C)CCCN=C(N)N)[C@@H](C)CC)C(N)=O. The Hall–Kier alpha value is -6.25. The predicted molar refractivity (Wildman–Crippen MR) is 260 cm³/mol. The monoisotopic (exact) mass is 971 g/mol. The summed E-state index contributed by atoms with van der Waals surface area (Å²) in [6, 6.07) is 4.69. The number of guanidine groups is 2. The van der Waals surface area contributed by atoms with Crippen LogP contribution in [0.2, 0.25) is 0 Å². The quantitative estimate of drug-likeness (QED) is 0.0253. The van der Waals surface area contributed by atoms with Crippen LogP contribution in [0.3, 0.4) is 0 Å². The smallest absolute Gasteiger partial charge is 0.305 e. The number of carbonyl (C=O) groups is 9. The number of carboxylic acid groups (broad SMARTS) is 1. The summed E-state index contributed by atoms with van der Waals surface area (Å²) in [6.07, 6.45) is 0.167. The van der Waals surface area contributed by atoms with E-state index >= 15 is 0 Å². The molecule has 1 aromatic rings. The number of carboxylic acids is 1. The van der Waals surface area contributed by atoms with Crippen LogP contribution >= 0.6 is 0 Å². The van der Waals surface area contributed by atoms with Gasteiger partial charge in [0.25, 0.3) is 0 Å². The number of aliphatic hydroxyl groups excluding tert-OH is 1. The average Bonchev–Trinajstić information content (AvgIpc) is 3.29. The lowest BCUT2D eigenvalue weighted by Gasteiger charge is -2.28. The molecule has 1 aromatic carbocycles. The van der Waals surface area contributed by atoms with E-state index in [9.17, 15) is 53.4 Å². The maximum atomic E-state index is 14.1. The van der Waals surface area contributed by atoms with Crippen molar-refractivity contribution in [1.29, 1.82) is 0 Å². The van der Waals surface area contributed by atoms with Gasteiger partial charge in [-0.2, -0.15) is 0 Å². The molecule has 0 fully saturated rings. The Morgan fingerprint density at radius 2 is 1.06 bits per heavy atom. The number of hydrogen-bond donors (Lipinski definition) is 10. The molecule has 386 valence electrons. The number of benzene rings is 1. The first kappa shape index (κ1) is 60.8. The molecule has 15 N–H and O–H groups in total. The number of carbonyl (C=O) groups excluding carboxylic acids is 8. The van der Waals surface area contributed by atoms with Crippen LogP contribution < -0.4 is 44.6 Å². The van der Waals surface area contributed by atoms with Crippen molar-refractivity contribution in [1.82, 2.24) is 16.0 Å².